The van der Waals surface area contributed by atoms with Crippen molar-refractivity contribution in [2.24, 2.45) is 5.92 Å². The highest BCUT2D eigenvalue weighted by Crippen LogP contribution is 2.11. The van der Waals surface area contributed by atoms with Gasteiger partial charge in [0.15, 0.2) is 5.78 Å². The first kappa shape index (κ1) is 16.1. The predicted molar refractivity (Wildman–Crippen MR) is 73.9 cm³/mol. The molecule has 0 saturated carbocycles. The molecule has 19 heavy (non-hydrogen) atoms. The van der Waals surface area contributed by atoms with Crippen molar-refractivity contribution < 1.29 is 14.3 Å². The third kappa shape index (κ3) is 4.91. The molecule has 1 amide bonds. The first-order valence-corrected chi connectivity index (χ1v) is 6.96. The fourth-order valence-electron chi connectivity index (χ4n) is 2.33. The number of carbonyl (C=O) groups excluding carboxylic acids is 2. The Bertz CT molecular complexity index is 331. The number of rotatable bonds is 5. The van der Waals surface area contributed by atoms with Gasteiger partial charge in [0.25, 0.3) is 0 Å². The lowest BCUT2D eigenvalue weighted by Gasteiger charge is -2.36. The SMILES string of the molecule is CC(=O)[C@H](NC(=O)CN1C[C@H](C)OC[C@@H]1C)C(C)C. The Morgan fingerprint density at radius 1 is 1.37 bits per heavy atom. The number of nitrogens with one attached hydrogen (secondary N) is 1. The molecular formula is C14H26N2O3. The summed E-state index contributed by atoms with van der Waals surface area (Å²) in [6, 6.07) is -0.155. The topological polar surface area (TPSA) is 58.6 Å². The molecule has 5 nitrogen and oxygen atoms in total. The van der Waals surface area contributed by atoms with Crippen molar-refractivity contribution in [3.63, 3.8) is 0 Å². The number of hydrogen-bond donors (Lipinski definition) is 1. The molecule has 0 aliphatic carbocycles. The van der Waals surface area contributed by atoms with Crippen molar-refractivity contribution in [2.75, 3.05) is 19.7 Å². The van der Waals surface area contributed by atoms with Crippen LogP contribution in [-0.4, -0.2) is 54.5 Å². The average Bonchev–Trinajstić information content (AvgIpc) is 2.30. The van der Waals surface area contributed by atoms with E-state index in [9.17, 15) is 9.59 Å². The Hall–Kier alpha value is -0.940. The summed E-state index contributed by atoms with van der Waals surface area (Å²) in [6.45, 7) is 11.2. The molecule has 1 fully saturated rings. The molecule has 1 saturated heterocycles. The number of Topliss-reactive ketones (excluding diaryl/α,β-unsaturated/α-hetero) is 1. The van der Waals surface area contributed by atoms with Crippen LogP contribution in [0.15, 0.2) is 0 Å². The number of nitrogens with zero attached hydrogens (tertiary/aromatic N) is 1. The van der Waals surface area contributed by atoms with E-state index in [0.717, 1.165) is 6.54 Å². The first-order valence-electron chi connectivity index (χ1n) is 6.96. The summed E-state index contributed by atoms with van der Waals surface area (Å²) >= 11 is 0. The Morgan fingerprint density at radius 2 is 2.00 bits per heavy atom. The quantitative estimate of drug-likeness (QED) is 0.804. The molecule has 1 aliphatic heterocycles. The molecule has 0 spiro atoms. The third-order valence-corrected chi connectivity index (χ3v) is 3.50. The zero-order valence-electron chi connectivity index (χ0n) is 12.6. The van der Waals surface area contributed by atoms with Crippen molar-refractivity contribution >= 4 is 11.7 Å². The molecule has 5 heteroatoms. The van der Waals surface area contributed by atoms with Crippen molar-refractivity contribution in [1.82, 2.24) is 10.2 Å². The fourth-order valence-corrected chi connectivity index (χ4v) is 2.33. The molecule has 1 aliphatic rings. The summed E-state index contributed by atoms with van der Waals surface area (Å²) in [5.41, 5.74) is 0. The summed E-state index contributed by atoms with van der Waals surface area (Å²) < 4.78 is 5.53. The van der Waals surface area contributed by atoms with E-state index < -0.39 is 0 Å². The largest absolute Gasteiger partial charge is 0.376 e. The second kappa shape index (κ2) is 7.01. The monoisotopic (exact) mass is 270 g/mol. The lowest BCUT2D eigenvalue weighted by Crippen LogP contribution is -2.53. The minimum absolute atomic E-state index is 0.00624. The molecule has 0 radical (unpaired) electrons. The maximum absolute atomic E-state index is 12.0. The first-order chi connectivity index (χ1) is 8.81. The lowest BCUT2D eigenvalue weighted by molar-refractivity contribution is -0.130. The fraction of sp³-hybridized carbons (Fsp3) is 0.857. The van der Waals surface area contributed by atoms with Gasteiger partial charge in [-0.1, -0.05) is 13.8 Å². The van der Waals surface area contributed by atoms with E-state index >= 15 is 0 Å². The molecule has 0 unspecified atom stereocenters. The van der Waals surface area contributed by atoms with Gasteiger partial charge in [-0.2, -0.15) is 0 Å². The number of morpholine rings is 1. The Labute approximate surface area is 115 Å². The van der Waals surface area contributed by atoms with Crippen molar-refractivity contribution in [2.45, 2.75) is 52.8 Å². The number of hydrogen-bond acceptors (Lipinski definition) is 4. The highest BCUT2D eigenvalue weighted by atomic mass is 16.5. The van der Waals surface area contributed by atoms with Gasteiger partial charge < -0.3 is 10.1 Å². The van der Waals surface area contributed by atoms with Gasteiger partial charge in [-0.15, -0.1) is 0 Å². The van der Waals surface area contributed by atoms with Gasteiger partial charge in [0, 0.05) is 12.6 Å². The molecular weight excluding hydrogens is 244 g/mol. The predicted octanol–water partition coefficient (Wildman–Crippen LogP) is 0.825. The maximum atomic E-state index is 12.0. The normalized spacial score (nSPS) is 26.2. The zero-order valence-corrected chi connectivity index (χ0v) is 12.6. The number of amides is 1. The number of carbonyl (C=O) groups is 2. The summed E-state index contributed by atoms with van der Waals surface area (Å²) in [7, 11) is 0. The van der Waals surface area contributed by atoms with Gasteiger partial charge >= 0.3 is 0 Å². The minimum Gasteiger partial charge on any atom is -0.376 e. The highest BCUT2D eigenvalue weighted by Gasteiger charge is 2.27. The maximum Gasteiger partial charge on any atom is 0.234 e. The summed E-state index contributed by atoms with van der Waals surface area (Å²) in [6.07, 6.45) is 0.151. The molecule has 1 rings (SSSR count). The van der Waals surface area contributed by atoms with Crippen LogP contribution in [0, 0.1) is 5.92 Å². The van der Waals surface area contributed by atoms with E-state index in [1.54, 1.807) is 0 Å². The van der Waals surface area contributed by atoms with Crippen LogP contribution in [0.4, 0.5) is 0 Å². The molecule has 0 aromatic heterocycles. The Kier molecular flexibility index (Phi) is 5.94. The molecule has 110 valence electrons. The Morgan fingerprint density at radius 3 is 2.53 bits per heavy atom. The van der Waals surface area contributed by atoms with E-state index in [-0.39, 0.29) is 35.8 Å². The van der Waals surface area contributed by atoms with Gasteiger partial charge in [0.2, 0.25) is 5.91 Å². The van der Waals surface area contributed by atoms with Crippen LogP contribution in [0.1, 0.15) is 34.6 Å². The number of ether oxygens (including phenoxy) is 1. The lowest BCUT2D eigenvalue weighted by atomic mass is 10.0. The minimum atomic E-state index is -0.388. The molecule has 1 N–H and O–H groups in total. The molecule has 0 bridgehead atoms. The van der Waals surface area contributed by atoms with Crippen LogP contribution >= 0.6 is 0 Å². The van der Waals surface area contributed by atoms with Gasteiger partial charge in [0.1, 0.15) is 0 Å². The van der Waals surface area contributed by atoms with Crippen LogP contribution in [0.2, 0.25) is 0 Å². The van der Waals surface area contributed by atoms with Crippen LogP contribution in [0.3, 0.4) is 0 Å². The van der Waals surface area contributed by atoms with Gasteiger partial charge in [-0.3, -0.25) is 14.5 Å². The summed E-state index contributed by atoms with van der Waals surface area (Å²) in [4.78, 5) is 25.6. The van der Waals surface area contributed by atoms with E-state index in [4.69, 9.17) is 4.74 Å². The third-order valence-electron chi connectivity index (χ3n) is 3.50. The van der Waals surface area contributed by atoms with Gasteiger partial charge in [0.05, 0.1) is 25.3 Å². The van der Waals surface area contributed by atoms with Crippen LogP contribution in [0.25, 0.3) is 0 Å². The summed E-state index contributed by atoms with van der Waals surface area (Å²) in [5.74, 6) is 0.0316. The second-order valence-electron chi connectivity index (χ2n) is 5.82. The van der Waals surface area contributed by atoms with Crippen molar-refractivity contribution in [3.8, 4) is 0 Å². The van der Waals surface area contributed by atoms with Crippen molar-refractivity contribution in [1.29, 1.82) is 0 Å². The molecule has 0 aromatic rings. The zero-order chi connectivity index (χ0) is 14.6. The van der Waals surface area contributed by atoms with Crippen molar-refractivity contribution in [3.05, 3.63) is 0 Å². The number of ketones is 1. The molecule has 1 heterocycles. The van der Waals surface area contributed by atoms with E-state index in [0.29, 0.717) is 13.2 Å². The van der Waals surface area contributed by atoms with Crippen LogP contribution in [-0.2, 0) is 14.3 Å². The second-order valence-corrected chi connectivity index (χ2v) is 5.82. The average molecular weight is 270 g/mol. The van der Waals surface area contributed by atoms with Gasteiger partial charge in [-0.25, -0.2) is 0 Å². The van der Waals surface area contributed by atoms with Gasteiger partial charge in [-0.05, 0) is 26.7 Å². The van der Waals surface area contributed by atoms with E-state index in [1.807, 2.05) is 27.7 Å². The standard InChI is InChI=1S/C14H26N2O3/c1-9(2)14(12(5)17)15-13(18)7-16-6-11(4)19-8-10(16)3/h9-11,14H,6-8H2,1-5H3,(H,15,18)/t10-,11-,14+/m0/s1. The van der Waals surface area contributed by atoms with Crippen LogP contribution < -0.4 is 5.32 Å². The molecule has 3 atom stereocenters. The van der Waals surface area contributed by atoms with E-state index in [2.05, 4.69) is 10.2 Å². The Balaban J connectivity index is 2.51. The summed E-state index contributed by atoms with van der Waals surface area (Å²) in [5, 5.41) is 2.83. The van der Waals surface area contributed by atoms with E-state index in [1.165, 1.54) is 6.92 Å². The molecule has 0 aromatic carbocycles. The van der Waals surface area contributed by atoms with Crippen LogP contribution in [0.5, 0.6) is 0 Å². The highest BCUT2D eigenvalue weighted by molar-refractivity contribution is 5.88. The smallest absolute Gasteiger partial charge is 0.234 e.